The fourth-order valence-electron chi connectivity index (χ4n) is 4.14. The number of rotatable bonds is 23. The highest BCUT2D eigenvalue weighted by atomic mass is 14.1. The molecule has 0 fully saturated rings. The fraction of sp³-hybridized carbons (Fsp3) is 0.857. The Kier molecular flexibility index (Phi) is 24.5. The van der Waals surface area contributed by atoms with Crippen molar-refractivity contribution in [3.8, 4) is 0 Å². The summed E-state index contributed by atoms with van der Waals surface area (Å²) >= 11 is 0. The Labute approximate surface area is 180 Å². The second-order valence-electron chi connectivity index (χ2n) is 8.94. The molecule has 0 aromatic rings. The van der Waals surface area contributed by atoms with Gasteiger partial charge in [-0.05, 0) is 31.6 Å². The van der Waals surface area contributed by atoms with E-state index in [1.165, 1.54) is 128 Å². The molecule has 0 spiro atoms. The van der Waals surface area contributed by atoms with Crippen LogP contribution in [0.15, 0.2) is 12.2 Å². The number of hydrogen-bond acceptors (Lipinski definition) is 0. The third-order valence-electron chi connectivity index (χ3n) is 6.10. The van der Waals surface area contributed by atoms with Gasteiger partial charge in [0.15, 0.2) is 0 Å². The molecule has 0 heterocycles. The molecule has 0 N–H and O–H groups in total. The molecule has 0 rings (SSSR count). The van der Waals surface area contributed by atoms with Gasteiger partial charge in [0.05, 0.1) is 0 Å². The molecule has 28 heavy (non-hydrogen) atoms. The van der Waals surface area contributed by atoms with E-state index < -0.39 is 0 Å². The maximum absolute atomic E-state index is 3.94. The maximum atomic E-state index is 3.94. The summed E-state index contributed by atoms with van der Waals surface area (Å²) in [6, 6.07) is 0. The summed E-state index contributed by atoms with van der Waals surface area (Å²) < 4.78 is 0. The summed E-state index contributed by atoms with van der Waals surface area (Å²) in [7, 11) is 0. The molecule has 0 heteroatoms. The van der Waals surface area contributed by atoms with Gasteiger partial charge >= 0.3 is 0 Å². The van der Waals surface area contributed by atoms with Crippen molar-refractivity contribution in [2.24, 2.45) is 5.92 Å². The average molecular weight is 391 g/mol. The Bertz CT molecular complexity index is 290. The van der Waals surface area contributed by atoms with Crippen LogP contribution in [0.25, 0.3) is 0 Å². The first-order valence-electron chi connectivity index (χ1n) is 13.1. The van der Waals surface area contributed by atoms with E-state index in [9.17, 15) is 0 Å². The molecule has 0 aliphatic heterocycles. The van der Waals surface area contributed by atoms with Crippen molar-refractivity contribution in [3.05, 3.63) is 26.0 Å². The lowest BCUT2D eigenvalue weighted by Crippen LogP contribution is -2.01. The Morgan fingerprint density at radius 2 is 0.893 bits per heavy atom. The maximum Gasteiger partial charge on any atom is -0.0351 e. The molecule has 166 valence electrons. The highest BCUT2D eigenvalue weighted by Gasteiger charge is 2.07. The van der Waals surface area contributed by atoms with Gasteiger partial charge in [0.25, 0.3) is 0 Å². The Morgan fingerprint density at radius 3 is 1.43 bits per heavy atom. The van der Waals surface area contributed by atoms with Gasteiger partial charge in [-0.1, -0.05) is 148 Å². The second-order valence-corrected chi connectivity index (χ2v) is 8.94. The van der Waals surface area contributed by atoms with Gasteiger partial charge in [-0.2, -0.15) is 0 Å². The van der Waals surface area contributed by atoms with Crippen LogP contribution in [0.2, 0.25) is 0 Å². The van der Waals surface area contributed by atoms with Crippen molar-refractivity contribution < 1.29 is 0 Å². The van der Waals surface area contributed by atoms with Crippen molar-refractivity contribution in [3.63, 3.8) is 0 Å². The van der Waals surface area contributed by atoms with Crippen LogP contribution in [0.4, 0.5) is 0 Å². The summed E-state index contributed by atoms with van der Waals surface area (Å²) in [5.74, 6) is 1.00. The van der Waals surface area contributed by atoms with Crippen LogP contribution in [-0.2, 0) is 0 Å². The second kappa shape index (κ2) is 24.8. The zero-order valence-corrected chi connectivity index (χ0v) is 19.7. The zero-order chi connectivity index (χ0) is 20.5. The number of hydrogen-bond donors (Lipinski definition) is 0. The van der Waals surface area contributed by atoms with Crippen molar-refractivity contribution in [2.75, 3.05) is 0 Å². The SMILES string of the molecule is [CH2]CCCCCCCC/C=C/CCCCC(CCCC)CCCCCCC[CH2]. The highest BCUT2D eigenvalue weighted by molar-refractivity contribution is 4.81. The first-order chi connectivity index (χ1) is 13.8. The van der Waals surface area contributed by atoms with Crippen molar-refractivity contribution >= 4 is 0 Å². The number of unbranched alkanes of at least 4 members (excludes halogenated alkanes) is 15. The largest absolute Gasteiger partial charge is 0.0885 e. The normalized spacial score (nSPS) is 12.8. The minimum absolute atomic E-state index is 1.00. The minimum atomic E-state index is 1.00. The standard InChI is InChI=1S/C28H54/c1-4-7-10-12-14-15-16-17-18-19-20-22-24-27-28(25-9-6-3)26-23-21-13-11-8-5-2/h18-19,28H,1-2,4-17,20-27H2,3H3/b19-18+. The molecular weight excluding hydrogens is 336 g/mol. The van der Waals surface area contributed by atoms with E-state index in [0.717, 1.165) is 18.8 Å². The van der Waals surface area contributed by atoms with E-state index in [2.05, 4.69) is 32.9 Å². The molecule has 0 aromatic heterocycles. The predicted octanol–water partition coefficient (Wildman–Crippen LogP) is 10.4. The molecule has 1 atom stereocenters. The zero-order valence-electron chi connectivity index (χ0n) is 19.7. The van der Waals surface area contributed by atoms with Crippen LogP contribution in [-0.4, -0.2) is 0 Å². The average Bonchev–Trinajstić information content (AvgIpc) is 2.71. The quantitative estimate of drug-likeness (QED) is 0.120. The predicted molar refractivity (Wildman–Crippen MR) is 131 cm³/mol. The molecule has 0 nitrogen and oxygen atoms in total. The number of allylic oxidation sites excluding steroid dienone is 2. The van der Waals surface area contributed by atoms with Crippen LogP contribution < -0.4 is 0 Å². The summed E-state index contributed by atoms with van der Waals surface area (Å²) in [6.07, 6.45) is 35.1. The van der Waals surface area contributed by atoms with Crippen LogP contribution >= 0.6 is 0 Å². The van der Waals surface area contributed by atoms with Gasteiger partial charge in [-0.3, -0.25) is 0 Å². The van der Waals surface area contributed by atoms with E-state index in [1.807, 2.05) is 0 Å². The van der Waals surface area contributed by atoms with Crippen LogP contribution in [0.5, 0.6) is 0 Å². The topological polar surface area (TPSA) is 0 Å². The van der Waals surface area contributed by atoms with Crippen LogP contribution in [0, 0.1) is 19.8 Å². The lowest BCUT2D eigenvalue weighted by Gasteiger charge is -2.16. The Morgan fingerprint density at radius 1 is 0.500 bits per heavy atom. The lowest BCUT2D eigenvalue weighted by molar-refractivity contribution is 0.374. The molecule has 0 saturated carbocycles. The van der Waals surface area contributed by atoms with E-state index in [1.54, 1.807) is 0 Å². The first kappa shape index (κ1) is 27.7. The van der Waals surface area contributed by atoms with Gasteiger partial charge in [0.1, 0.15) is 0 Å². The van der Waals surface area contributed by atoms with E-state index >= 15 is 0 Å². The molecular formula is C28H54. The van der Waals surface area contributed by atoms with Crippen molar-refractivity contribution in [2.45, 2.75) is 148 Å². The molecule has 2 radical (unpaired) electrons. The summed E-state index contributed by atoms with van der Waals surface area (Å²) in [6.45, 7) is 10.2. The first-order valence-corrected chi connectivity index (χ1v) is 13.1. The van der Waals surface area contributed by atoms with Gasteiger partial charge < -0.3 is 0 Å². The smallest absolute Gasteiger partial charge is 0.0351 e. The van der Waals surface area contributed by atoms with E-state index in [-0.39, 0.29) is 0 Å². The summed E-state index contributed by atoms with van der Waals surface area (Å²) in [5.41, 5.74) is 0. The van der Waals surface area contributed by atoms with Gasteiger partial charge in [0, 0.05) is 0 Å². The molecule has 0 saturated heterocycles. The van der Waals surface area contributed by atoms with Gasteiger partial charge in [-0.15, -0.1) is 0 Å². The summed E-state index contributed by atoms with van der Waals surface area (Å²) in [4.78, 5) is 0. The monoisotopic (exact) mass is 390 g/mol. The Hall–Kier alpha value is -0.260. The van der Waals surface area contributed by atoms with Gasteiger partial charge in [0.2, 0.25) is 0 Å². The molecule has 0 aromatic carbocycles. The van der Waals surface area contributed by atoms with Crippen LogP contribution in [0.1, 0.15) is 148 Å². The third-order valence-corrected chi connectivity index (χ3v) is 6.10. The van der Waals surface area contributed by atoms with Crippen LogP contribution in [0.3, 0.4) is 0 Å². The lowest BCUT2D eigenvalue weighted by atomic mass is 9.90. The summed E-state index contributed by atoms with van der Waals surface area (Å²) in [5, 5.41) is 0. The van der Waals surface area contributed by atoms with Gasteiger partial charge in [-0.25, -0.2) is 0 Å². The fourth-order valence-corrected chi connectivity index (χ4v) is 4.14. The van der Waals surface area contributed by atoms with E-state index in [4.69, 9.17) is 0 Å². The minimum Gasteiger partial charge on any atom is -0.0885 e. The molecule has 1 unspecified atom stereocenters. The van der Waals surface area contributed by atoms with Crippen molar-refractivity contribution in [1.82, 2.24) is 0 Å². The Balaban J connectivity index is 3.56. The molecule has 0 aliphatic carbocycles. The molecule has 0 aliphatic rings. The van der Waals surface area contributed by atoms with Crippen molar-refractivity contribution in [1.29, 1.82) is 0 Å². The third kappa shape index (κ3) is 22.0. The van der Waals surface area contributed by atoms with E-state index in [0.29, 0.717) is 0 Å². The highest BCUT2D eigenvalue weighted by Crippen LogP contribution is 2.23. The molecule has 0 bridgehead atoms. The molecule has 0 amide bonds.